The van der Waals surface area contributed by atoms with Crippen molar-refractivity contribution < 1.29 is 23.8 Å². The molecule has 0 spiro atoms. The number of aliphatic hydroxyl groups excluding tert-OH is 1. The van der Waals surface area contributed by atoms with E-state index in [1.54, 1.807) is 4.90 Å². The molecule has 1 fully saturated rings. The number of hydrogen-bond donors (Lipinski definition) is 2. The Bertz CT molecular complexity index is 581. The SMILES string of the molecule is O=C(NCCc1cc(F)cc2c1OCOC2)N1CCC[C@H](O)C1. The normalized spacial score (nSPS) is 20.6. The second-order valence-corrected chi connectivity index (χ2v) is 5.89. The van der Waals surface area contributed by atoms with Gasteiger partial charge in [0.1, 0.15) is 11.6 Å². The van der Waals surface area contributed by atoms with Crippen LogP contribution in [0.3, 0.4) is 0 Å². The van der Waals surface area contributed by atoms with Crippen LogP contribution < -0.4 is 10.1 Å². The highest BCUT2D eigenvalue weighted by atomic mass is 19.1. The summed E-state index contributed by atoms with van der Waals surface area (Å²) < 4.78 is 24.2. The third-order valence-corrected chi connectivity index (χ3v) is 4.11. The lowest BCUT2D eigenvalue weighted by atomic mass is 10.1. The van der Waals surface area contributed by atoms with Gasteiger partial charge in [-0.05, 0) is 37.0 Å². The first kappa shape index (κ1) is 16.0. The summed E-state index contributed by atoms with van der Waals surface area (Å²) in [4.78, 5) is 13.7. The molecule has 6 nitrogen and oxygen atoms in total. The van der Waals surface area contributed by atoms with Gasteiger partial charge < -0.3 is 24.8 Å². The van der Waals surface area contributed by atoms with Gasteiger partial charge in [0.15, 0.2) is 6.79 Å². The number of likely N-dealkylation sites (tertiary alicyclic amines) is 1. The molecule has 0 radical (unpaired) electrons. The fourth-order valence-corrected chi connectivity index (χ4v) is 3.00. The van der Waals surface area contributed by atoms with Crippen molar-refractivity contribution in [2.75, 3.05) is 26.4 Å². The quantitative estimate of drug-likeness (QED) is 0.882. The minimum Gasteiger partial charge on any atom is -0.467 e. The molecule has 0 aromatic heterocycles. The minimum atomic E-state index is -0.446. The van der Waals surface area contributed by atoms with Gasteiger partial charge in [0.25, 0.3) is 0 Å². The van der Waals surface area contributed by atoms with Crippen molar-refractivity contribution in [1.82, 2.24) is 10.2 Å². The third-order valence-electron chi connectivity index (χ3n) is 4.11. The van der Waals surface area contributed by atoms with Crippen LogP contribution in [0, 0.1) is 5.82 Å². The summed E-state index contributed by atoms with van der Waals surface area (Å²) in [5, 5.41) is 12.4. The number of urea groups is 1. The summed E-state index contributed by atoms with van der Waals surface area (Å²) in [5.41, 5.74) is 1.42. The molecule has 23 heavy (non-hydrogen) atoms. The van der Waals surface area contributed by atoms with Gasteiger partial charge in [-0.2, -0.15) is 0 Å². The van der Waals surface area contributed by atoms with Crippen LogP contribution in [0.4, 0.5) is 9.18 Å². The maximum absolute atomic E-state index is 13.6. The topological polar surface area (TPSA) is 71.0 Å². The van der Waals surface area contributed by atoms with Gasteiger partial charge >= 0.3 is 6.03 Å². The van der Waals surface area contributed by atoms with Gasteiger partial charge in [-0.15, -0.1) is 0 Å². The molecule has 0 aliphatic carbocycles. The van der Waals surface area contributed by atoms with E-state index < -0.39 is 6.10 Å². The maximum atomic E-state index is 13.6. The number of aliphatic hydroxyl groups is 1. The minimum absolute atomic E-state index is 0.156. The van der Waals surface area contributed by atoms with Crippen LogP contribution in [0.1, 0.15) is 24.0 Å². The number of ether oxygens (including phenoxy) is 2. The molecule has 126 valence electrons. The zero-order valence-corrected chi connectivity index (χ0v) is 12.9. The number of fused-ring (bicyclic) bond motifs is 1. The highest BCUT2D eigenvalue weighted by molar-refractivity contribution is 5.74. The Morgan fingerprint density at radius 3 is 3.17 bits per heavy atom. The molecule has 1 aromatic carbocycles. The zero-order valence-electron chi connectivity index (χ0n) is 12.9. The predicted octanol–water partition coefficient (Wildman–Crippen LogP) is 1.40. The van der Waals surface area contributed by atoms with E-state index in [2.05, 4.69) is 5.32 Å². The molecule has 2 N–H and O–H groups in total. The second-order valence-electron chi connectivity index (χ2n) is 5.89. The van der Waals surface area contributed by atoms with Gasteiger partial charge in [-0.3, -0.25) is 0 Å². The van der Waals surface area contributed by atoms with E-state index in [0.29, 0.717) is 44.0 Å². The smallest absolute Gasteiger partial charge is 0.317 e. The number of β-amino-alcohol motifs (C(OH)–C–C–N with tert-alkyl or cyclic N) is 1. The van der Waals surface area contributed by atoms with Gasteiger partial charge in [-0.1, -0.05) is 0 Å². The molecule has 1 saturated heterocycles. The van der Waals surface area contributed by atoms with Crippen LogP contribution in [-0.2, 0) is 17.8 Å². The average molecular weight is 324 g/mol. The maximum Gasteiger partial charge on any atom is 0.317 e. The number of carbonyl (C=O) groups excluding carboxylic acids is 1. The number of hydrogen-bond acceptors (Lipinski definition) is 4. The van der Waals surface area contributed by atoms with Crippen molar-refractivity contribution in [3.8, 4) is 5.75 Å². The molecule has 0 saturated carbocycles. The Hall–Kier alpha value is -1.86. The number of carbonyl (C=O) groups is 1. The van der Waals surface area contributed by atoms with Gasteiger partial charge in [-0.25, -0.2) is 9.18 Å². The molecule has 0 bridgehead atoms. The third kappa shape index (κ3) is 3.92. The summed E-state index contributed by atoms with van der Waals surface area (Å²) in [6.07, 6.45) is 1.57. The molecular weight excluding hydrogens is 303 g/mol. The first-order chi connectivity index (χ1) is 11.1. The van der Waals surface area contributed by atoms with Crippen LogP contribution in [0.15, 0.2) is 12.1 Å². The summed E-state index contributed by atoms with van der Waals surface area (Å²) >= 11 is 0. The van der Waals surface area contributed by atoms with Crippen molar-refractivity contribution in [3.63, 3.8) is 0 Å². The molecule has 2 heterocycles. The predicted molar refractivity (Wildman–Crippen MR) is 80.6 cm³/mol. The summed E-state index contributed by atoms with van der Waals surface area (Å²) in [6.45, 7) is 1.88. The van der Waals surface area contributed by atoms with Crippen molar-refractivity contribution in [3.05, 3.63) is 29.1 Å². The largest absolute Gasteiger partial charge is 0.467 e. The van der Waals surface area contributed by atoms with Crippen molar-refractivity contribution >= 4 is 6.03 Å². The molecular formula is C16H21FN2O4. The first-order valence-corrected chi connectivity index (χ1v) is 7.86. The zero-order chi connectivity index (χ0) is 16.2. The molecule has 2 aliphatic rings. The van der Waals surface area contributed by atoms with Crippen LogP contribution in [0.2, 0.25) is 0 Å². The Labute approximate surface area is 134 Å². The highest BCUT2D eigenvalue weighted by Gasteiger charge is 2.22. The first-order valence-electron chi connectivity index (χ1n) is 7.86. The number of halogens is 1. The summed E-state index contributed by atoms with van der Waals surface area (Å²) in [7, 11) is 0. The highest BCUT2D eigenvalue weighted by Crippen LogP contribution is 2.29. The van der Waals surface area contributed by atoms with Crippen LogP contribution in [0.5, 0.6) is 5.75 Å². The van der Waals surface area contributed by atoms with Crippen molar-refractivity contribution in [2.45, 2.75) is 32.0 Å². The monoisotopic (exact) mass is 324 g/mol. The summed E-state index contributed by atoms with van der Waals surface area (Å²) in [6, 6.07) is 2.64. The lowest BCUT2D eigenvalue weighted by Crippen LogP contribution is -2.47. The standard InChI is InChI=1S/C16H21FN2O4/c17-13-6-11(15-12(7-13)9-22-10-23-15)3-4-18-16(21)19-5-1-2-14(20)8-19/h6-7,14,20H,1-5,8-10H2,(H,18,21)/t14-/m0/s1. The van der Waals surface area contributed by atoms with E-state index in [-0.39, 0.29) is 18.6 Å². The number of benzene rings is 1. The van der Waals surface area contributed by atoms with Crippen LogP contribution >= 0.6 is 0 Å². The fraction of sp³-hybridized carbons (Fsp3) is 0.562. The van der Waals surface area contributed by atoms with Gasteiger partial charge in [0.05, 0.1) is 12.7 Å². The average Bonchev–Trinajstić information content (AvgIpc) is 2.54. The Morgan fingerprint density at radius 2 is 2.35 bits per heavy atom. The molecule has 3 rings (SSSR count). The number of nitrogens with one attached hydrogen (secondary N) is 1. The van der Waals surface area contributed by atoms with E-state index in [4.69, 9.17) is 9.47 Å². The second kappa shape index (κ2) is 7.14. The number of nitrogens with zero attached hydrogens (tertiary/aromatic N) is 1. The lowest BCUT2D eigenvalue weighted by molar-refractivity contribution is -0.0172. The van der Waals surface area contributed by atoms with Gasteiger partial charge in [0, 0.05) is 25.2 Å². The van der Waals surface area contributed by atoms with E-state index in [1.165, 1.54) is 12.1 Å². The van der Waals surface area contributed by atoms with E-state index >= 15 is 0 Å². The van der Waals surface area contributed by atoms with Crippen LogP contribution in [-0.4, -0.2) is 48.6 Å². The van der Waals surface area contributed by atoms with Gasteiger partial charge in [0.2, 0.25) is 0 Å². The summed E-state index contributed by atoms with van der Waals surface area (Å²) in [5.74, 6) is 0.318. The van der Waals surface area contributed by atoms with Crippen molar-refractivity contribution in [1.29, 1.82) is 0 Å². The van der Waals surface area contributed by atoms with E-state index in [9.17, 15) is 14.3 Å². The molecule has 0 unspecified atom stereocenters. The molecule has 2 aliphatic heterocycles. The molecule has 1 aromatic rings. The Balaban J connectivity index is 1.56. The molecule has 1 atom stereocenters. The van der Waals surface area contributed by atoms with E-state index in [0.717, 1.165) is 18.4 Å². The molecule has 2 amide bonds. The number of amides is 2. The number of piperidine rings is 1. The lowest BCUT2D eigenvalue weighted by Gasteiger charge is -2.30. The van der Waals surface area contributed by atoms with Crippen molar-refractivity contribution in [2.24, 2.45) is 0 Å². The Kier molecular flexibility index (Phi) is 4.97. The van der Waals surface area contributed by atoms with E-state index in [1.807, 2.05) is 0 Å². The molecule has 7 heteroatoms. The Morgan fingerprint density at radius 1 is 1.48 bits per heavy atom. The number of rotatable bonds is 3. The van der Waals surface area contributed by atoms with Crippen LogP contribution in [0.25, 0.3) is 0 Å². The fourth-order valence-electron chi connectivity index (χ4n) is 3.00.